The molecular weight excluding hydrogens is 352 g/mol. The van der Waals surface area contributed by atoms with Gasteiger partial charge in [0.25, 0.3) is 5.91 Å². The Balaban J connectivity index is 1.61. The first-order valence-corrected chi connectivity index (χ1v) is 9.40. The highest BCUT2D eigenvalue weighted by Gasteiger charge is 2.19. The quantitative estimate of drug-likeness (QED) is 0.727. The van der Waals surface area contributed by atoms with Crippen LogP contribution >= 0.6 is 0 Å². The van der Waals surface area contributed by atoms with Crippen LogP contribution in [-0.2, 0) is 0 Å². The smallest absolute Gasteiger partial charge is 0.276 e. The largest absolute Gasteiger partial charge is 0.396 e. The second-order valence-corrected chi connectivity index (χ2v) is 6.76. The van der Waals surface area contributed by atoms with Gasteiger partial charge in [-0.05, 0) is 25.3 Å². The second kappa shape index (κ2) is 8.04. The number of nitrogen functional groups attached to an aromatic ring is 1. The van der Waals surface area contributed by atoms with Crippen molar-refractivity contribution >= 4 is 23.0 Å². The highest BCUT2D eigenvalue weighted by molar-refractivity contribution is 6.07. The van der Waals surface area contributed by atoms with Gasteiger partial charge in [-0.2, -0.15) is 0 Å². The minimum atomic E-state index is -0.372. The molecule has 3 N–H and O–H groups in total. The van der Waals surface area contributed by atoms with Crippen molar-refractivity contribution < 1.29 is 4.79 Å². The van der Waals surface area contributed by atoms with Crippen LogP contribution in [0.2, 0.25) is 0 Å². The summed E-state index contributed by atoms with van der Waals surface area (Å²) in [6, 6.07) is 11.4. The number of hydrogen-bond acceptors (Lipinski definition) is 6. The molecule has 4 rings (SSSR count). The van der Waals surface area contributed by atoms with Crippen molar-refractivity contribution in [1.82, 2.24) is 15.0 Å². The number of carbonyl (C=O) groups excluding carboxylic acids is 1. The van der Waals surface area contributed by atoms with Crippen LogP contribution in [0.25, 0.3) is 11.4 Å². The first kappa shape index (κ1) is 17.9. The molecule has 1 aliphatic heterocycles. The van der Waals surface area contributed by atoms with Crippen LogP contribution in [0.3, 0.4) is 0 Å². The molecule has 0 aliphatic carbocycles. The van der Waals surface area contributed by atoms with Crippen LogP contribution in [0.5, 0.6) is 0 Å². The van der Waals surface area contributed by atoms with Crippen molar-refractivity contribution in [2.75, 3.05) is 29.0 Å². The topological polar surface area (TPSA) is 97.0 Å². The predicted octanol–water partition coefficient (Wildman–Crippen LogP) is 3.36. The fourth-order valence-electron chi connectivity index (χ4n) is 3.37. The standard InChI is InChI=1S/C21H22N6O/c22-16-13-24-20(15-7-3-1-4-8-15)26-19(16)21(28)25-17-14-23-10-9-18(17)27-11-5-2-6-12-27/h1,3-4,7-10,13-14H,2,5-6,11-12,22H2,(H,25,28). The molecule has 1 amide bonds. The molecule has 1 saturated heterocycles. The van der Waals surface area contributed by atoms with E-state index in [1.807, 2.05) is 36.4 Å². The van der Waals surface area contributed by atoms with E-state index >= 15 is 0 Å². The van der Waals surface area contributed by atoms with Crippen molar-refractivity contribution in [2.24, 2.45) is 0 Å². The number of hydrogen-bond donors (Lipinski definition) is 2. The van der Waals surface area contributed by atoms with E-state index < -0.39 is 0 Å². The Morgan fingerprint density at radius 3 is 2.61 bits per heavy atom. The fraction of sp³-hybridized carbons (Fsp3) is 0.238. The average Bonchev–Trinajstić information content (AvgIpc) is 2.75. The molecule has 142 valence electrons. The molecule has 1 aliphatic rings. The summed E-state index contributed by atoms with van der Waals surface area (Å²) in [6.45, 7) is 1.95. The summed E-state index contributed by atoms with van der Waals surface area (Å²) in [7, 11) is 0. The summed E-state index contributed by atoms with van der Waals surface area (Å²) in [5, 5.41) is 2.93. The first-order chi connectivity index (χ1) is 13.7. The summed E-state index contributed by atoms with van der Waals surface area (Å²) in [4.78, 5) is 28.0. The Morgan fingerprint density at radius 1 is 1.04 bits per heavy atom. The highest BCUT2D eigenvalue weighted by atomic mass is 16.1. The zero-order chi connectivity index (χ0) is 19.3. The summed E-state index contributed by atoms with van der Waals surface area (Å²) >= 11 is 0. The van der Waals surface area contributed by atoms with Gasteiger partial charge in [-0.3, -0.25) is 9.78 Å². The lowest BCUT2D eigenvalue weighted by atomic mass is 10.1. The number of aromatic nitrogens is 3. The third kappa shape index (κ3) is 3.78. The van der Waals surface area contributed by atoms with Crippen molar-refractivity contribution in [3.05, 3.63) is 60.7 Å². The number of nitrogens with zero attached hydrogens (tertiary/aromatic N) is 4. The highest BCUT2D eigenvalue weighted by Crippen LogP contribution is 2.28. The molecule has 0 spiro atoms. The molecule has 3 aromatic rings. The number of anilines is 3. The summed E-state index contributed by atoms with van der Waals surface area (Å²) < 4.78 is 0. The van der Waals surface area contributed by atoms with E-state index in [0.717, 1.165) is 37.2 Å². The van der Waals surface area contributed by atoms with Gasteiger partial charge in [-0.1, -0.05) is 30.3 Å². The van der Waals surface area contributed by atoms with E-state index in [4.69, 9.17) is 5.73 Å². The lowest BCUT2D eigenvalue weighted by Crippen LogP contribution is -2.30. The number of benzene rings is 1. The molecular formula is C21H22N6O. The molecule has 0 saturated carbocycles. The maximum absolute atomic E-state index is 12.9. The fourth-order valence-corrected chi connectivity index (χ4v) is 3.37. The average molecular weight is 374 g/mol. The summed E-state index contributed by atoms with van der Waals surface area (Å²) in [6.07, 6.45) is 8.41. The van der Waals surface area contributed by atoms with Gasteiger partial charge in [-0.25, -0.2) is 9.97 Å². The van der Waals surface area contributed by atoms with Gasteiger partial charge >= 0.3 is 0 Å². The molecule has 0 bridgehead atoms. The minimum Gasteiger partial charge on any atom is -0.396 e. The van der Waals surface area contributed by atoms with Crippen molar-refractivity contribution in [1.29, 1.82) is 0 Å². The molecule has 0 atom stereocenters. The summed E-state index contributed by atoms with van der Waals surface area (Å²) in [5.41, 5.74) is 8.84. The molecule has 1 fully saturated rings. The van der Waals surface area contributed by atoms with Gasteiger partial charge in [0.05, 0.1) is 29.5 Å². The Kier molecular flexibility index (Phi) is 5.14. The monoisotopic (exact) mass is 374 g/mol. The van der Waals surface area contributed by atoms with Crippen LogP contribution in [0.1, 0.15) is 29.8 Å². The van der Waals surface area contributed by atoms with E-state index in [2.05, 4.69) is 25.2 Å². The summed E-state index contributed by atoms with van der Waals surface area (Å²) in [5.74, 6) is 0.0886. The van der Waals surface area contributed by atoms with Crippen molar-refractivity contribution in [3.63, 3.8) is 0 Å². The SMILES string of the molecule is Nc1cnc(-c2ccccc2)nc1C(=O)Nc1cnccc1N1CCCCC1. The van der Waals surface area contributed by atoms with E-state index in [0.29, 0.717) is 11.5 Å². The number of piperidine rings is 1. The minimum absolute atomic E-state index is 0.155. The molecule has 2 aromatic heterocycles. The lowest BCUT2D eigenvalue weighted by Gasteiger charge is -2.30. The lowest BCUT2D eigenvalue weighted by molar-refractivity contribution is 0.102. The molecule has 1 aromatic carbocycles. The second-order valence-electron chi connectivity index (χ2n) is 6.76. The maximum Gasteiger partial charge on any atom is 0.276 e. The van der Waals surface area contributed by atoms with Gasteiger partial charge in [0.15, 0.2) is 11.5 Å². The van der Waals surface area contributed by atoms with Crippen molar-refractivity contribution in [3.8, 4) is 11.4 Å². The first-order valence-electron chi connectivity index (χ1n) is 9.40. The number of nitrogens with two attached hydrogens (primary N) is 1. The van der Waals surface area contributed by atoms with Crippen LogP contribution < -0.4 is 16.0 Å². The van der Waals surface area contributed by atoms with Gasteiger partial charge in [0.2, 0.25) is 0 Å². The molecule has 0 unspecified atom stereocenters. The normalized spacial score (nSPS) is 13.9. The maximum atomic E-state index is 12.9. The molecule has 0 radical (unpaired) electrons. The van der Waals surface area contributed by atoms with Gasteiger partial charge in [0, 0.05) is 24.8 Å². The number of pyridine rings is 1. The van der Waals surface area contributed by atoms with Gasteiger partial charge in [0.1, 0.15) is 0 Å². The Labute approximate surface area is 163 Å². The number of carbonyl (C=O) groups is 1. The Hall–Kier alpha value is -3.48. The third-order valence-electron chi connectivity index (χ3n) is 4.81. The Morgan fingerprint density at radius 2 is 1.82 bits per heavy atom. The van der Waals surface area contributed by atoms with E-state index in [-0.39, 0.29) is 17.3 Å². The zero-order valence-electron chi connectivity index (χ0n) is 15.5. The van der Waals surface area contributed by atoms with Gasteiger partial charge in [-0.15, -0.1) is 0 Å². The number of nitrogens with one attached hydrogen (secondary N) is 1. The van der Waals surface area contributed by atoms with Crippen LogP contribution in [-0.4, -0.2) is 33.9 Å². The van der Waals surface area contributed by atoms with Gasteiger partial charge < -0.3 is 16.0 Å². The van der Waals surface area contributed by atoms with Crippen LogP contribution in [0, 0.1) is 0 Å². The molecule has 28 heavy (non-hydrogen) atoms. The van der Waals surface area contributed by atoms with Crippen LogP contribution in [0.4, 0.5) is 17.1 Å². The molecule has 7 heteroatoms. The molecule has 3 heterocycles. The van der Waals surface area contributed by atoms with E-state index in [1.165, 1.54) is 12.6 Å². The Bertz CT molecular complexity index is 970. The number of amides is 1. The zero-order valence-corrected chi connectivity index (χ0v) is 15.5. The predicted molar refractivity (Wildman–Crippen MR) is 110 cm³/mol. The van der Waals surface area contributed by atoms with Crippen LogP contribution in [0.15, 0.2) is 55.0 Å². The van der Waals surface area contributed by atoms with E-state index in [9.17, 15) is 4.79 Å². The van der Waals surface area contributed by atoms with E-state index in [1.54, 1.807) is 12.4 Å². The molecule has 7 nitrogen and oxygen atoms in total. The number of rotatable bonds is 4. The third-order valence-corrected chi connectivity index (χ3v) is 4.81. The van der Waals surface area contributed by atoms with Crippen molar-refractivity contribution in [2.45, 2.75) is 19.3 Å².